The van der Waals surface area contributed by atoms with Crippen molar-refractivity contribution < 1.29 is 0 Å². The molecule has 0 radical (unpaired) electrons. The van der Waals surface area contributed by atoms with E-state index in [1.54, 1.807) is 23.1 Å². The van der Waals surface area contributed by atoms with E-state index in [-0.39, 0.29) is 12.5 Å². The van der Waals surface area contributed by atoms with Crippen LogP contribution in [-0.4, -0.2) is 24.7 Å². The molecule has 1 N–H and O–H groups in total. The normalized spacial score (nSPS) is 11.9. The average Bonchev–Trinajstić information content (AvgIpc) is 3.38. The second-order valence-corrected chi connectivity index (χ2v) is 6.33. The molecule has 120 valence electrons. The third kappa shape index (κ3) is 2.75. The van der Waals surface area contributed by atoms with Crippen LogP contribution in [0, 0.1) is 22.7 Å². The molecule has 0 aliphatic rings. The Hall–Kier alpha value is -3.49. The van der Waals surface area contributed by atoms with Crippen molar-refractivity contribution in [3.8, 4) is 23.5 Å². The fourth-order valence-corrected chi connectivity index (χ4v) is 3.38. The second kappa shape index (κ2) is 6.19. The predicted molar refractivity (Wildman–Crippen MR) is 92.5 cm³/mol. The highest BCUT2D eigenvalue weighted by Gasteiger charge is 2.18. The lowest BCUT2D eigenvalue weighted by molar-refractivity contribution is 0.534. The van der Waals surface area contributed by atoms with Crippen molar-refractivity contribution in [1.82, 2.24) is 24.7 Å². The maximum Gasteiger partial charge on any atom is 0.164 e. The number of aromatic amines is 1. The van der Waals surface area contributed by atoms with E-state index in [9.17, 15) is 0 Å². The van der Waals surface area contributed by atoms with Gasteiger partial charge in [-0.05, 0) is 23.1 Å². The molecule has 0 aliphatic heterocycles. The van der Waals surface area contributed by atoms with Crippen LogP contribution >= 0.6 is 11.3 Å². The topological polar surface area (TPSA) is 107 Å². The summed E-state index contributed by atoms with van der Waals surface area (Å²) in [6, 6.07) is 7.78. The maximum absolute atomic E-state index is 9.16. The summed E-state index contributed by atoms with van der Waals surface area (Å²) in [5.41, 5.74) is 2.44. The summed E-state index contributed by atoms with van der Waals surface area (Å²) in [5, 5.41) is 25.4. The Morgan fingerprint density at radius 2 is 2.24 bits per heavy atom. The van der Waals surface area contributed by atoms with Crippen LogP contribution in [0.15, 0.2) is 42.3 Å². The molecule has 4 aromatic heterocycles. The van der Waals surface area contributed by atoms with Crippen molar-refractivity contribution in [2.24, 2.45) is 0 Å². The van der Waals surface area contributed by atoms with Crippen LogP contribution in [0.5, 0.6) is 0 Å². The standard InChI is InChI=1S/C17H11N7S/c18-3-1-15(12-5-14(6-19)25-10-12)24-9-13(8-22-24)17-21-7-11-2-4-20-16(11)23-17/h2,4-5,7-10,15H,1H2,(H,20,21,23). The number of hydrogen-bond donors (Lipinski definition) is 1. The van der Waals surface area contributed by atoms with E-state index >= 15 is 0 Å². The highest BCUT2D eigenvalue weighted by atomic mass is 32.1. The number of thiophene rings is 1. The first-order valence-corrected chi connectivity index (χ1v) is 8.36. The Kier molecular flexibility index (Phi) is 3.73. The van der Waals surface area contributed by atoms with Crippen LogP contribution in [0.1, 0.15) is 22.9 Å². The molecule has 0 saturated heterocycles. The van der Waals surface area contributed by atoms with Gasteiger partial charge in [-0.2, -0.15) is 15.6 Å². The zero-order chi connectivity index (χ0) is 17.2. The number of fused-ring (bicyclic) bond motifs is 1. The summed E-state index contributed by atoms with van der Waals surface area (Å²) in [6.07, 6.45) is 7.36. The highest BCUT2D eigenvalue weighted by molar-refractivity contribution is 7.10. The van der Waals surface area contributed by atoms with Crippen LogP contribution in [0.4, 0.5) is 0 Å². The number of aromatic nitrogens is 5. The zero-order valence-corrected chi connectivity index (χ0v) is 13.7. The third-order valence-electron chi connectivity index (χ3n) is 3.88. The summed E-state index contributed by atoms with van der Waals surface area (Å²) in [4.78, 5) is 12.5. The molecule has 4 rings (SSSR count). The molecular weight excluding hydrogens is 334 g/mol. The summed E-state index contributed by atoms with van der Waals surface area (Å²) in [6.45, 7) is 0. The lowest BCUT2D eigenvalue weighted by atomic mass is 10.1. The van der Waals surface area contributed by atoms with Gasteiger partial charge in [-0.3, -0.25) is 4.68 Å². The number of nitriles is 2. The van der Waals surface area contributed by atoms with Gasteiger partial charge < -0.3 is 4.98 Å². The quantitative estimate of drug-likeness (QED) is 0.611. The first kappa shape index (κ1) is 15.1. The van der Waals surface area contributed by atoms with Gasteiger partial charge >= 0.3 is 0 Å². The van der Waals surface area contributed by atoms with E-state index in [0.717, 1.165) is 22.2 Å². The fourth-order valence-electron chi connectivity index (χ4n) is 2.64. The number of nitrogens with one attached hydrogen (secondary N) is 1. The Balaban J connectivity index is 1.70. The molecule has 0 spiro atoms. The maximum atomic E-state index is 9.16. The van der Waals surface area contributed by atoms with E-state index in [1.165, 1.54) is 11.3 Å². The molecule has 8 heteroatoms. The smallest absolute Gasteiger partial charge is 0.164 e. The van der Waals surface area contributed by atoms with Crippen molar-refractivity contribution >= 4 is 22.4 Å². The molecule has 25 heavy (non-hydrogen) atoms. The first-order chi connectivity index (χ1) is 12.3. The Labute approximate surface area is 146 Å². The summed E-state index contributed by atoms with van der Waals surface area (Å²) in [7, 11) is 0. The zero-order valence-electron chi connectivity index (χ0n) is 12.9. The molecule has 0 aromatic carbocycles. The van der Waals surface area contributed by atoms with Crippen molar-refractivity contribution in [2.45, 2.75) is 12.5 Å². The SMILES string of the molecule is N#CCC(c1csc(C#N)c1)n1cc(-c2ncc3cc[nH]c3n2)cn1. The molecule has 0 bridgehead atoms. The molecule has 7 nitrogen and oxygen atoms in total. The van der Waals surface area contributed by atoms with Gasteiger partial charge in [0.05, 0.1) is 30.3 Å². The molecule has 1 atom stereocenters. The number of hydrogen-bond acceptors (Lipinski definition) is 6. The Morgan fingerprint density at radius 3 is 3.04 bits per heavy atom. The first-order valence-electron chi connectivity index (χ1n) is 7.48. The highest BCUT2D eigenvalue weighted by Crippen LogP contribution is 2.27. The van der Waals surface area contributed by atoms with Crippen molar-refractivity contribution in [2.75, 3.05) is 0 Å². The second-order valence-electron chi connectivity index (χ2n) is 5.42. The molecule has 4 heterocycles. The Bertz CT molecular complexity index is 1120. The van der Waals surface area contributed by atoms with Crippen molar-refractivity contribution in [3.63, 3.8) is 0 Å². The van der Waals surface area contributed by atoms with E-state index in [2.05, 4.69) is 32.2 Å². The summed E-state index contributed by atoms with van der Waals surface area (Å²) < 4.78 is 1.73. The average molecular weight is 345 g/mol. The molecule has 0 aliphatic carbocycles. The molecule has 0 amide bonds. The van der Waals surface area contributed by atoms with Gasteiger partial charge in [0.1, 0.15) is 16.6 Å². The van der Waals surface area contributed by atoms with Gasteiger partial charge in [0, 0.05) is 24.0 Å². The Morgan fingerprint density at radius 1 is 1.32 bits per heavy atom. The molecular formula is C17H11N7S. The van der Waals surface area contributed by atoms with Gasteiger partial charge in [-0.25, -0.2) is 9.97 Å². The van der Waals surface area contributed by atoms with E-state index in [1.807, 2.05) is 23.8 Å². The number of H-pyrrole nitrogens is 1. The van der Waals surface area contributed by atoms with Crippen molar-refractivity contribution in [3.05, 3.63) is 52.7 Å². The number of rotatable bonds is 4. The van der Waals surface area contributed by atoms with Gasteiger partial charge in [-0.1, -0.05) is 0 Å². The lowest BCUT2D eigenvalue weighted by Gasteiger charge is -2.12. The minimum absolute atomic E-state index is 0.244. The monoisotopic (exact) mass is 345 g/mol. The van der Waals surface area contributed by atoms with Gasteiger partial charge in [0.2, 0.25) is 0 Å². The van der Waals surface area contributed by atoms with E-state index in [0.29, 0.717) is 10.7 Å². The molecule has 0 saturated carbocycles. The third-order valence-corrected chi connectivity index (χ3v) is 4.73. The van der Waals surface area contributed by atoms with Gasteiger partial charge in [0.15, 0.2) is 5.82 Å². The van der Waals surface area contributed by atoms with E-state index < -0.39 is 0 Å². The molecule has 1 unspecified atom stereocenters. The van der Waals surface area contributed by atoms with Crippen LogP contribution in [0.25, 0.3) is 22.4 Å². The largest absolute Gasteiger partial charge is 0.346 e. The minimum Gasteiger partial charge on any atom is -0.346 e. The van der Waals surface area contributed by atoms with Crippen LogP contribution in [-0.2, 0) is 0 Å². The van der Waals surface area contributed by atoms with Crippen LogP contribution < -0.4 is 0 Å². The summed E-state index contributed by atoms with van der Waals surface area (Å²) >= 11 is 1.36. The minimum atomic E-state index is -0.244. The molecule has 0 fully saturated rings. The van der Waals surface area contributed by atoms with Crippen LogP contribution in [0.2, 0.25) is 0 Å². The van der Waals surface area contributed by atoms with E-state index in [4.69, 9.17) is 10.5 Å². The number of nitrogens with zero attached hydrogens (tertiary/aromatic N) is 6. The van der Waals surface area contributed by atoms with Gasteiger partial charge in [-0.15, -0.1) is 11.3 Å². The lowest BCUT2D eigenvalue weighted by Crippen LogP contribution is -2.09. The predicted octanol–water partition coefficient (Wildman–Crippen LogP) is 3.26. The summed E-state index contributed by atoms with van der Waals surface area (Å²) in [5.74, 6) is 0.569. The van der Waals surface area contributed by atoms with Gasteiger partial charge in [0.25, 0.3) is 0 Å². The van der Waals surface area contributed by atoms with Crippen LogP contribution in [0.3, 0.4) is 0 Å². The molecule has 4 aromatic rings. The fraction of sp³-hybridized carbons (Fsp3) is 0.118. The van der Waals surface area contributed by atoms with Crippen molar-refractivity contribution in [1.29, 1.82) is 10.5 Å².